The molecule has 4 rings (SSSR count). The van der Waals surface area contributed by atoms with Gasteiger partial charge in [-0.2, -0.15) is 0 Å². The summed E-state index contributed by atoms with van der Waals surface area (Å²) in [6.45, 7) is 6.11. The maximum Gasteiger partial charge on any atom is 0.191 e. The Labute approximate surface area is 148 Å². The van der Waals surface area contributed by atoms with Crippen LogP contribution in [-0.4, -0.2) is 26.4 Å². The van der Waals surface area contributed by atoms with Crippen LogP contribution in [0.2, 0.25) is 0 Å². The van der Waals surface area contributed by atoms with Gasteiger partial charge in [-0.1, -0.05) is 60.7 Å². The van der Waals surface area contributed by atoms with Gasteiger partial charge in [0, 0.05) is 11.1 Å². The molecule has 2 fully saturated rings. The number of hydrogen-bond donors (Lipinski definition) is 0. The highest BCUT2D eigenvalue weighted by atomic mass is 16.7. The van der Waals surface area contributed by atoms with Gasteiger partial charge in [-0.25, -0.2) is 0 Å². The fourth-order valence-corrected chi connectivity index (χ4v) is 3.31. The number of benzene rings is 2. The molecule has 0 bridgehead atoms. The van der Waals surface area contributed by atoms with Gasteiger partial charge in [-0.15, -0.1) is 0 Å². The van der Waals surface area contributed by atoms with Crippen molar-refractivity contribution in [1.29, 1.82) is 0 Å². The van der Waals surface area contributed by atoms with Crippen molar-refractivity contribution in [2.45, 2.75) is 25.4 Å². The second-order valence-electron chi connectivity index (χ2n) is 7.28. The Kier molecular flexibility index (Phi) is 4.16. The van der Waals surface area contributed by atoms with Crippen molar-refractivity contribution >= 4 is 0 Å². The first kappa shape index (κ1) is 16.7. The number of rotatable bonds is 2. The van der Waals surface area contributed by atoms with Crippen LogP contribution >= 0.6 is 0 Å². The second kappa shape index (κ2) is 6.22. The molecule has 0 amide bonds. The predicted molar refractivity (Wildman–Crippen MR) is 93.8 cm³/mol. The lowest BCUT2D eigenvalue weighted by molar-refractivity contribution is -0.368. The predicted octanol–water partition coefficient (Wildman–Crippen LogP) is 3.81. The van der Waals surface area contributed by atoms with E-state index in [1.54, 1.807) is 0 Å². The smallest absolute Gasteiger partial charge is 0.191 e. The molecule has 0 aliphatic carbocycles. The SMILES string of the molecule is CC1(c2ccccc2)OCC2(CO1)COC(C)(c1ccccc1)OC2. The molecule has 0 atom stereocenters. The second-order valence-corrected chi connectivity index (χ2v) is 7.28. The first-order valence-corrected chi connectivity index (χ1v) is 8.71. The molecular formula is C21H24O4. The van der Waals surface area contributed by atoms with Crippen LogP contribution < -0.4 is 0 Å². The monoisotopic (exact) mass is 340 g/mol. The summed E-state index contributed by atoms with van der Waals surface area (Å²) in [5.74, 6) is -1.43. The molecule has 2 aromatic rings. The van der Waals surface area contributed by atoms with Crippen LogP contribution in [0.1, 0.15) is 25.0 Å². The Balaban J connectivity index is 1.43. The molecule has 0 unspecified atom stereocenters. The molecule has 4 nitrogen and oxygen atoms in total. The normalized spacial score (nSPS) is 35.6. The van der Waals surface area contributed by atoms with Crippen LogP contribution in [0, 0.1) is 5.41 Å². The lowest BCUT2D eigenvalue weighted by Crippen LogP contribution is -2.56. The summed E-state index contributed by atoms with van der Waals surface area (Å²) >= 11 is 0. The zero-order valence-electron chi connectivity index (χ0n) is 14.7. The van der Waals surface area contributed by atoms with Crippen molar-refractivity contribution in [1.82, 2.24) is 0 Å². The molecule has 25 heavy (non-hydrogen) atoms. The molecule has 0 saturated carbocycles. The van der Waals surface area contributed by atoms with Gasteiger partial charge in [0.05, 0.1) is 31.8 Å². The van der Waals surface area contributed by atoms with E-state index < -0.39 is 11.6 Å². The summed E-state index contributed by atoms with van der Waals surface area (Å²) in [6.07, 6.45) is 0. The van der Waals surface area contributed by atoms with Gasteiger partial charge in [0.2, 0.25) is 0 Å². The van der Waals surface area contributed by atoms with Gasteiger partial charge in [0.25, 0.3) is 0 Å². The summed E-state index contributed by atoms with van der Waals surface area (Å²) in [4.78, 5) is 0. The van der Waals surface area contributed by atoms with Crippen LogP contribution in [-0.2, 0) is 30.5 Å². The summed E-state index contributed by atoms with van der Waals surface area (Å²) in [5, 5.41) is 0. The molecule has 1 spiro atoms. The third-order valence-electron chi connectivity index (χ3n) is 5.21. The van der Waals surface area contributed by atoms with E-state index in [1.807, 2.05) is 74.5 Å². The van der Waals surface area contributed by atoms with Crippen LogP contribution in [0.3, 0.4) is 0 Å². The van der Waals surface area contributed by atoms with Crippen molar-refractivity contribution in [3.8, 4) is 0 Å². The van der Waals surface area contributed by atoms with Crippen molar-refractivity contribution in [3.05, 3.63) is 71.8 Å². The Morgan fingerprint density at radius 3 is 1.20 bits per heavy atom. The van der Waals surface area contributed by atoms with Gasteiger partial charge in [-0.05, 0) is 13.8 Å². The van der Waals surface area contributed by atoms with Gasteiger partial charge < -0.3 is 18.9 Å². The van der Waals surface area contributed by atoms with Crippen molar-refractivity contribution in [2.75, 3.05) is 26.4 Å². The summed E-state index contributed by atoms with van der Waals surface area (Å²) in [5.41, 5.74) is 1.79. The lowest BCUT2D eigenvalue weighted by Gasteiger charge is -2.49. The molecule has 132 valence electrons. The third kappa shape index (κ3) is 3.11. The van der Waals surface area contributed by atoms with E-state index in [0.29, 0.717) is 26.4 Å². The average molecular weight is 340 g/mol. The summed E-state index contributed by atoms with van der Waals surface area (Å²) in [7, 11) is 0. The van der Waals surface area contributed by atoms with E-state index in [9.17, 15) is 0 Å². The Morgan fingerprint density at radius 1 is 0.560 bits per heavy atom. The first-order valence-electron chi connectivity index (χ1n) is 8.71. The van der Waals surface area contributed by atoms with E-state index in [4.69, 9.17) is 18.9 Å². The van der Waals surface area contributed by atoms with Crippen LogP contribution in [0.15, 0.2) is 60.7 Å². The highest BCUT2D eigenvalue weighted by molar-refractivity contribution is 5.21. The molecule has 2 aromatic carbocycles. The molecule has 2 heterocycles. The minimum atomic E-state index is -0.716. The Hall–Kier alpha value is -1.72. The van der Waals surface area contributed by atoms with Crippen LogP contribution in [0.5, 0.6) is 0 Å². The van der Waals surface area contributed by atoms with E-state index in [0.717, 1.165) is 11.1 Å². The number of ether oxygens (including phenoxy) is 4. The molecule has 0 radical (unpaired) electrons. The Morgan fingerprint density at radius 2 is 0.880 bits per heavy atom. The lowest BCUT2D eigenvalue weighted by atomic mass is 9.88. The maximum absolute atomic E-state index is 6.14. The fraction of sp³-hybridized carbons (Fsp3) is 0.429. The molecule has 2 aliphatic rings. The topological polar surface area (TPSA) is 36.9 Å². The highest BCUT2D eigenvalue weighted by Crippen LogP contribution is 2.42. The van der Waals surface area contributed by atoms with Crippen LogP contribution in [0.4, 0.5) is 0 Å². The molecular weight excluding hydrogens is 316 g/mol. The summed E-state index contributed by atoms with van der Waals surface area (Å²) in [6, 6.07) is 20.1. The fourth-order valence-electron chi connectivity index (χ4n) is 3.31. The highest BCUT2D eigenvalue weighted by Gasteiger charge is 2.49. The Bertz CT molecular complexity index is 630. The quantitative estimate of drug-likeness (QED) is 0.833. The average Bonchev–Trinajstić information content (AvgIpc) is 2.68. The van der Waals surface area contributed by atoms with Crippen molar-refractivity contribution in [3.63, 3.8) is 0 Å². The molecule has 0 N–H and O–H groups in total. The van der Waals surface area contributed by atoms with Crippen molar-refractivity contribution < 1.29 is 18.9 Å². The minimum Gasteiger partial charge on any atom is -0.345 e. The van der Waals surface area contributed by atoms with E-state index >= 15 is 0 Å². The van der Waals surface area contributed by atoms with E-state index in [2.05, 4.69) is 0 Å². The van der Waals surface area contributed by atoms with Crippen molar-refractivity contribution in [2.24, 2.45) is 5.41 Å². The first-order chi connectivity index (χ1) is 12.0. The van der Waals surface area contributed by atoms with E-state index in [-0.39, 0.29) is 5.41 Å². The molecule has 4 heteroatoms. The largest absolute Gasteiger partial charge is 0.345 e. The minimum absolute atomic E-state index is 0.261. The third-order valence-corrected chi connectivity index (χ3v) is 5.21. The summed E-state index contributed by atoms with van der Waals surface area (Å²) < 4.78 is 24.5. The molecule has 0 aromatic heterocycles. The molecule has 2 saturated heterocycles. The van der Waals surface area contributed by atoms with Gasteiger partial charge >= 0.3 is 0 Å². The van der Waals surface area contributed by atoms with Gasteiger partial charge in [-0.3, -0.25) is 0 Å². The van der Waals surface area contributed by atoms with Crippen LogP contribution in [0.25, 0.3) is 0 Å². The number of hydrogen-bond acceptors (Lipinski definition) is 4. The maximum atomic E-state index is 6.14. The van der Waals surface area contributed by atoms with Gasteiger partial charge in [0.15, 0.2) is 11.6 Å². The van der Waals surface area contributed by atoms with Gasteiger partial charge in [0.1, 0.15) is 0 Å². The zero-order valence-corrected chi connectivity index (χ0v) is 14.7. The standard InChI is InChI=1S/C21H24O4/c1-19(17-9-5-3-6-10-17)22-13-21(14-23-19)15-24-20(2,25-16-21)18-11-7-4-8-12-18/h3-12H,13-16H2,1-2H3. The molecule has 2 aliphatic heterocycles. The zero-order chi connectivity index (χ0) is 17.4. The van der Waals surface area contributed by atoms with E-state index in [1.165, 1.54) is 0 Å².